The Bertz CT molecular complexity index is 1710. The topological polar surface area (TPSA) is 40.2 Å². The van der Waals surface area contributed by atoms with Gasteiger partial charge in [0, 0.05) is 13.1 Å². The molecular weight excluding hydrogens is 651 g/mol. The second-order valence-corrected chi connectivity index (χ2v) is 12.9. The Morgan fingerprint density at radius 2 is 0.961 bits per heavy atom. The Morgan fingerprint density at radius 1 is 0.510 bits per heavy atom. The fourth-order valence-corrected chi connectivity index (χ4v) is 6.44. The van der Waals surface area contributed by atoms with E-state index < -0.39 is 23.9 Å². The highest BCUT2D eigenvalue weighted by molar-refractivity contribution is 5.25. The van der Waals surface area contributed by atoms with Crippen LogP contribution in [-0.4, -0.2) is 49.0 Å². The molecule has 0 aliphatic carbocycles. The summed E-state index contributed by atoms with van der Waals surface area (Å²) in [5.41, 5.74) is 4.35. The average molecular weight is 696 g/mol. The maximum atomic E-state index is 13.3. The average Bonchev–Trinajstić information content (AvgIpc) is 3.16. The van der Waals surface area contributed by atoms with Crippen LogP contribution in [0.15, 0.2) is 146 Å². The third-order valence-electron chi connectivity index (χ3n) is 9.20. The van der Waals surface area contributed by atoms with Crippen molar-refractivity contribution in [3.8, 4) is 0 Å². The Balaban J connectivity index is 1.30. The van der Waals surface area contributed by atoms with Crippen molar-refractivity contribution in [3.05, 3.63) is 179 Å². The third-order valence-corrected chi connectivity index (χ3v) is 9.20. The van der Waals surface area contributed by atoms with Gasteiger partial charge in [0.1, 0.15) is 12.2 Å². The molecule has 0 spiro atoms. The number of ether oxygens (including phenoxy) is 4. The minimum atomic E-state index is -4.38. The smallest absolute Gasteiger partial charge is 0.375 e. The van der Waals surface area contributed by atoms with Crippen molar-refractivity contribution in [3.63, 3.8) is 0 Å². The Kier molecular flexibility index (Phi) is 13.1. The van der Waals surface area contributed by atoms with E-state index in [1.807, 2.05) is 121 Å². The molecule has 1 fully saturated rings. The zero-order valence-electron chi connectivity index (χ0n) is 28.5. The molecule has 0 aromatic heterocycles. The van der Waals surface area contributed by atoms with Gasteiger partial charge in [-0.15, -0.1) is 0 Å². The van der Waals surface area contributed by atoms with Crippen LogP contribution in [0.25, 0.3) is 0 Å². The monoisotopic (exact) mass is 695 g/mol. The van der Waals surface area contributed by atoms with E-state index in [0.717, 1.165) is 39.9 Å². The lowest BCUT2D eigenvalue weighted by Gasteiger charge is -2.48. The van der Waals surface area contributed by atoms with Crippen LogP contribution in [0.4, 0.5) is 13.2 Å². The molecule has 5 aromatic carbocycles. The van der Waals surface area contributed by atoms with E-state index in [1.54, 1.807) is 12.1 Å². The Morgan fingerprint density at radius 3 is 1.45 bits per heavy atom. The summed E-state index contributed by atoms with van der Waals surface area (Å²) >= 11 is 0. The molecule has 1 aliphatic rings. The van der Waals surface area contributed by atoms with E-state index in [-0.39, 0.29) is 12.1 Å². The van der Waals surface area contributed by atoms with Crippen LogP contribution in [0.1, 0.15) is 33.4 Å². The van der Waals surface area contributed by atoms with Gasteiger partial charge in [0.2, 0.25) is 0 Å². The van der Waals surface area contributed by atoms with Crippen molar-refractivity contribution in [1.82, 2.24) is 4.90 Å². The zero-order valence-corrected chi connectivity index (χ0v) is 28.5. The highest BCUT2D eigenvalue weighted by Crippen LogP contribution is 2.31. The molecule has 51 heavy (non-hydrogen) atoms. The number of alkyl halides is 3. The molecule has 1 saturated heterocycles. The summed E-state index contributed by atoms with van der Waals surface area (Å²) in [6, 6.07) is 45.3. The lowest BCUT2D eigenvalue weighted by Crippen LogP contribution is -2.64. The molecule has 266 valence electrons. The molecule has 0 radical (unpaired) electrons. The lowest BCUT2D eigenvalue weighted by molar-refractivity contribution is -0.210. The van der Waals surface area contributed by atoms with Gasteiger partial charge in [0.15, 0.2) is 0 Å². The first kappa shape index (κ1) is 36.5. The Hall–Kier alpha value is -4.31. The number of likely N-dealkylation sites (tertiary alicyclic amines) is 1. The van der Waals surface area contributed by atoms with Gasteiger partial charge in [0.25, 0.3) is 0 Å². The molecule has 6 rings (SSSR count). The molecule has 4 atom stereocenters. The quantitative estimate of drug-likeness (QED) is 0.103. The second-order valence-electron chi connectivity index (χ2n) is 12.9. The van der Waals surface area contributed by atoms with Gasteiger partial charge in [-0.1, -0.05) is 133 Å². The maximum Gasteiger partial charge on any atom is 0.416 e. The van der Waals surface area contributed by atoms with Gasteiger partial charge in [-0.05, 0) is 46.4 Å². The first-order valence-electron chi connectivity index (χ1n) is 17.4. The molecule has 0 unspecified atom stereocenters. The van der Waals surface area contributed by atoms with Crippen molar-refractivity contribution in [2.75, 3.05) is 19.7 Å². The molecule has 0 N–H and O–H groups in total. The van der Waals surface area contributed by atoms with Gasteiger partial charge in [-0.3, -0.25) is 4.90 Å². The van der Waals surface area contributed by atoms with Crippen LogP contribution < -0.4 is 0 Å². The fourth-order valence-electron chi connectivity index (χ4n) is 6.44. The first-order chi connectivity index (χ1) is 24.9. The van der Waals surface area contributed by atoms with Crippen LogP contribution in [0.5, 0.6) is 0 Å². The minimum Gasteiger partial charge on any atom is -0.375 e. The summed E-state index contributed by atoms with van der Waals surface area (Å²) < 4.78 is 66.7. The highest BCUT2D eigenvalue weighted by atomic mass is 19.4. The number of benzene rings is 5. The van der Waals surface area contributed by atoms with Crippen molar-refractivity contribution >= 4 is 0 Å². The molecule has 5 aromatic rings. The molecule has 5 nitrogen and oxygen atoms in total. The fraction of sp³-hybridized carbons (Fsp3) is 0.302. The second kappa shape index (κ2) is 18.3. The predicted molar refractivity (Wildman–Crippen MR) is 192 cm³/mol. The number of piperidine rings is 1. The lowest BCUT2D eigenvalue weighted by atomic mass is 9.92. The van der Waals surface area contributed by atoms with E-state index in [4.69, 9.17) is 18.9 Å². The number of hydrogen-bond donors (Lipinski definition) is 0. The van der Waals surface area contributed by atoms with Crippen LogP contribution in [0.3, 0.4) is 0 Å². The highest BCUT2D eigenvalue weighted by Gasteiger charge is 2.46. The first-order valence-corrected chi connectivity index (χ1v) is 17.4. The summed E-state index contributed by atoms with van der Waals surface area (Å²) in [6.45, 7) is 3.01. The van der Waals surface area contributed by atoms with E-state index in [1.165, 1.54) is 0 Å². The summed E-state index contributed by atoms with van der Waals surface area (Å²) in [7, 11) is 0. The van der Waals surface area contributed by atoms with E-state index >= 15 is 0 Å². The molecule has 1 aliphatic heterocycles. The molecule has 8 heteroatoms. The third kappa shape index (κ3) is 10.8. The van der Waals surface area contributed by atoms with Gasteiger partial charge in [-0.25, -0.2) is 0 Å². The Labute approximate surface area is 298 Å². The molecule has 0 amide bonds. The SMILES string of the molecule is FC(F)(F)c1ccc(CCN2C[C@H](OCc3ccccc3)[C@@H](OCc3ccccc3)[C@H](OCc3ccccc3)[C@H]2COCc2ccccc2)cc1. The molecule has 1 heterocycles. The van der Waals surface area contributed by atoms with E-state index in [9.17, 15) is 13.2 Å². The van der Waals surface area contributed by atoms with Crippen molar-refractivity contribution in [2.45, 2.75) is 63.4 Å². The zero-order chi connectivity index (χ0) is 35.3. The normalized spacial score (nSPS) is 19.6. The van der Waals surface area contributed by atoms with Gasteiger partial charge in [0.05, 0.1) is 50.7 Å². The van der Waals surface area contributed by atoms with Gasteiger partial charge >= 0.3 is 6.18 Å². The van der Waals surface area contributed by atoms with Gasteiger partial charge in [-0.2, -0.15) is 13.2 Å². The number of rotatable bonds is 16. The van der Waals surface area contributed by atoms with Gasteiger partial charge < -0.3 is 18.9 Å². The number of hydrogen-bond acceptors (Lipinski definition) is 5. The summed E-state index contributed by atoms with van der Waals surface area (Å²) in [6.07, 6.45) is -5.10. The summed E-state index contributed by atoms with van der Waals surface area (Å²) in [5.74, 6) is 0. The molecule has 0 saturated carbocycles. The summed E-state index contributed by atoms with van der Waals surface area (Å²) in [5, 5.41) is 0. The van der Waals surface area contributed by atoms with Crippen molar-refractivity contribution in [1.29, 1.82) is 0 Å². The van der Waals surface area contributed by atoms with Crippen LogP contribution in [0.2, 0.25) is 0 Å². The maximum absolute atomic E-state index is 13.3. The number of nitrogens with zero attached hydrogens (tertiary/aromatic N) is 1. The largest absolute Gasteiger partial charge is 0.416 e. The van der Waals surface area contributed by atoms with Crippen molar-refractivity contribution in [2.24, 2.45) is 0 Å². The van der Waals surface area contributed by atoms with Crippen LogP contribution in [0, 0.1) is 0 Å². The van der Waals surface area contributed by atoms with E-state index in [0.29, 0.717) is 52.5 Å². The summed E-state index contributed by atoms with van der Waals surface area (Å²) in [4.78, 5) is 2.30. The standard InChI is InChI=1S/C43H44F3NO4/c44-43(45,46)38-23-21-33(22-24-38)25-26-47-27-40(49-29-35-15-7-2-8-16-35)42(51-31-37-19-11-4-12-20-37)41(50-30-36-17-9-3-10-18-36)39(47)32-48-28-34-13-5-1-6-14-34/h1-24,39-42H,25-32H2/t39-,40+,41-,42-/m1/s1. The molecular formula is C43H44F3NO4. The van der Waals surface area contributed by atoms with Crippen molar-refractivity contribution < 1.29 is 32.1 Å². The van der Waals surface area contributed by atoms with Crippen LogP contribution >= 0.6 is 0 Å². The number of halogens is 3. The van der Waals surface area contributed by atoms with Crippen LogP contribution in [-0.2, 0) is 58.0 Å². The van der Waals surface area contributed by atoms with E-state index in [2.05, 4.69) is 4.90 Å². The minimum absolute atomic E-state index is 0.232. The predicted octanol–water partition coefficient (Wildman–Crippen LogP) is 8.91. The molecule has 0 bridgehead atoms.